The zero-order chi connectivity index (χ0) is 11.9. The molecular weight excluding hydrogens is 232 g/mol. The molecule has 0 N–H and O–H groups in total. The van der Waals surface area contributed by atoms with Crippen LogP contribution in [0.2, 0.25) is 0 Å². The Bertz CT molecular complexity index is 179. The fraction of sp³-hybridized carbons (Fsp3) is 1.00. The zero-order valence-electron chi connectivity index (χ0n) is 10.1. The summed E-state index contributed by atoms with van der Waals surface area (Å²) in [5.74, 6) is 0. The normalized spacial score (nSPS) is 18.9. The maximum atomic E-state index is 5.73. The summed E-state index contributed by atoms with van der Waals surface area (Å²) < 4.78 is 20.8. The summed E-state index contributed by atoms with van der Waals surface area (Å²) in [6.07, 6.45) is 5.61. The molecule has 1 rings (SSSR count). The Labute approximate surface area is 97.1 Å². The first-order valence-corrected chi connectivity index (χ1v) is 7.06. The van der Waals surface area contributed by atoms with Gasteiger partial charge >= 0.3 is 9.05 Å². The molecular formula is C9H20O6Si. The summed E-state index contributed by atoms with van der Waals surface area (Å²) >= 11 is 0. The molecule has 0 radical (unpaired) electrons. The first-order chi connectivity index (χ1) is 7.76. The van der Waals surface area contributed by atoms with Crippen LogP contribution in [0.5, 0.6) is 0 Å². The lowest BCUT2D eigenvalue weighted by atomic mass is 9.98. The van der Waals surface area contributed by atoms with Gasteiger partial charge in [-0.2, -0.15) is 9.15 Å². The maximum Gasteiger partial charge on any atom is 0.736 e. The summed E-state index contributed by atoms with van der Waals surface area (Å²) in [4.78, 5) is 9.20. The highest BCUT2D eigenvalue weighted by atomic mass is 28.4. The van der Waals surface area contributed by atoms with Crippen molar-refractivity contribution in [2.75, 3.05) is 21.3 Å². The minimum Gasteiger partial charge on any atom is -0.352 e. The number of rotatable bonds is 7. The van der Waals surface area contributed by atoms with Crippen molar-refractivity contribution in [1.29, 1.82) is 0 Å². The van der Waals surface area contributed by atoms with E-state index in [4.69, 9.17) is 18.0 Å². The SMILES string of the molecule is COO[Si](OC)(OOC)OC1CCCCC1. The molecule has 0 saturated heterocycles. The zero-order valence-corrected chi connectivity index (χ0v) is 11.1. The van der Waals surface area contributed by atoms with E-state index in [9.17, 15) is 0 Å². The molecule has 0 heterocycles. The van der Waals surface area contributed by atoms with Crippen molar-refractivity contribution in [3.63, 3.8) is 0 Å². The van der Waals surface area contributed by atoms with Crippen molar-refractivity contribution in [3.8, 4) is 0 Å². The average Bonchev–Trinajstić information content (AvgIpc) is 2.31. The Hall–Kier alpha value is -0.0231. The average molecular weight is 252 g/mol. The van der Waals surface area contributed by atoms with Gasteiger partial charge in [-0.15, -0.1) is 0 Å². The Morgan fingerprint density at radius 2 is 1.44 bits per heavy atom. The molecule has 0 aliphatic heterocycles. The van der Waals surface area contributed by atoms with Crippen LogP contribution in [0.25, 0.3) is 0 Å². The molecule has 0 aromatic rings. The third kappa shape index (κ3) is 4.09. The topological polar surface area (TPSA) is 55.4 Å². The van der Waals surface area contributed by atoms with Gasteiger partial charge in [0.1, 0.15) is 0 Å². The highest BCUT2D eigenvalue weighted by Gasteiger charge is 2.50. The summed E-state index contributed by atoms with van der Waals surface area (Å²) in [6, 6.07) is 0. The first kappa shape index (κ1) is 14.0. The van der Waals surface area contributed by atoms with E-state index in [0.29, 0.717) is 0 Å². The molecule has 0 spiro atoms. The van der Waals surface area contributed by atoms with Crippen molar-refractivity contribution in [2.45, 2.75) is 38.2 Å². The highest BCUT2D eigenvalue weighted by Crippen LogP contribution is 2.25. The van der Waals surface area contributed by atoms with Gasteiger partial charge in [-0.1, -0.05) is 19.3 Å². The van der Waals surface area contributed by atoms with Crippen molar-refractivity contribution in [3.05, 3.63) is 0 Å². The Kier molecular flexibility index (Phi) is 6.43. The highest BCUT2D eigenvalue weighted by molar-refractivity contribution is 6.52. The molecule has 0 aromatic heterocycles. The fourth-order valence-corrected chi connectivity index (χ4v) is 3.15. The van der Waals surface area contributed by atoms with Crippen LogP contribution >= 0.6 is 0 Å². The lowest BCUT2D eigenvalue weighted by Gasteiger charge is -2.29. The van der Waals surface area contributed by atoms with Crippen LogP contribution < -0.4 is 0 Å². The lowest BCUT2D eigenvalue weighted by Crippen LogP contribution is -2.50. The molecule has 0 atom stereocenters. The Morgan fingerprint density at radius 3 is 1.88 bits per heavy atom. The molecule has 1 aliphatic rings. The Morgan fingerprint density at radius 1 is 0.875 bits per heavy atom. The van der Waals surface area contributed by atoms with E-state index in [1.165, 1.54) is 27.8 Å². The van der Waals surface area contributed by atoms with Gasteiger partial charge < -0.3 is 8.85 Å². The second kappa shape index (κ2) is 7.33. The second-order valence-corrected chi connectivity index (χ2v) is 5.56. The van der Waals surface area contributed by atoms with E-state index in [-0.39, 0.29) is 6.10 Å². The molecule has 16 heavy (non-hydrogen) atoms. The molecule has 0 bridgehead atoms. The summed E-state index contributed by atoms with van der Waals surface area (Å²) in [5, 5.41) is 0. The summed E-state index contributed by atoms with van der Waals surface area (Å²) in [7, 11) is 0.908. The summed E-state index contributed by atoms with van der Waals surface area (Å²) in [6.45, 7) is 0. The van der Waals surface area contributed by atoms with Gasteiger partial charge in [0.05, 0.1) is 20.3 Å². The molecule has 1 saturated carbocycles. The minimum absolute atomic E-state index is 0.0886. The van der Waals surface area contributed by atoms with Crippen LogP contribution in [-0.4, -0.2) is 36.5 Å². The molecule has 6 nitrogen and oxygen atoms in total. The van der Waals surface area contributed by atoms with Crippen LogP contribution in [0.3, 0.4) is 0 Å². The Balaban J connectivity index is 2.52. The summed E-state index contributed by atoms with van der Waals surface area (Å²) in [5.41, 5.74) is 0. The van der Waals surface area contributed by atoms with Crippen LogP contribution in [0.15, 0.2) is 0 Å². The number of hydrogen-bond donors (Lipinski definition) is 0. The molecule has 7 heteroatoms. The predicted octanol–water partition coefficient (Wildman–Crippen LogP) is 1.57. The van der Waals surface area contributed by atoms with E-state index in [1.807, 2.05) is 0 Å². The van der Waals surface area contributed by atoms with Gasteiger partial charge in [0.2, 0.25) is 0 Å². The maximum absolute atomic E-state index is 5.73. The van der Waals surface area contributed by atoms with Gasteiger partial charge in [-0.25, -0.2) is 9.78 Å². The lowest BCUT2D eigenvalue weighted by molar-refractivity contribution is -0.323. The molecule has 1 aliphatic carbocycles. The monoisotopic (exact) mass is 252 g/mol. The van der Waals surface area contributed by atoms with E-state index in [2.05, 4.69) is 9.78 Å². The minimum atomic E-state index is -3.30. The molecule has 96 valence electrons. The van der Waals surface area contributed by atoms with Crippen LogP contribution in [0.1, 0.15) is 32.1 Å². The first-order valence-electron chi connectivity index (χ1n) is 5.43. The largest absolute Gasteiger partial charge is 0.736 e. The van der Waals surface area contributed by atoms with Gasteiger partial charge in [0, 0.05) is 7.11 Å². The van der Waals surface area contributed by atoms with Gasteiger partial charge in [0.15, 0.2) is 0 Å². The van der Waals surface area contributed by atoms with Gasteiger partial charge in [-0.05, 0) is 12.8 Å². The fourth-order valence-electron chi connectivity index (χ4n) is 1.76. The third-order valence-electron chi connectivity index (χ3n) is 2.48. The predicted molar refractivity (Wildman–Crippen MR) is 56.9 cm³/mol. The van der Waals surface area contributed by atoms with Gasteiger partial charge in [0.25, 0.3) is 0 Å². The van der Waals surface area contributed by atoms with E-state index >= 15 is 0 Å². The quantitative estimate of drug-likeness (QED) is 0.389. The second-order valence-electron chi connectivity index (χ2n) is 3.58. The number of hydrogen-bond acceptors (Lipinski definition) is 6. The van der Waals surface area contributed by atoms with Crippen molar-refractivity contribution >= 4 is 9.05 Å². The van der Waals surface area contributed by atoms with Crippen molar-refractivity contribution < 1.29 is 27.8 Å². The molecule has 0 amide bonds. The van der Waals surface area contributed by atoms with Crippen molar-refractivity contribution in [2.24, 2.45) is 0 Å². The molecule has 0 aromatic carbocycles. The van der Waals surface area contributed by atoms with Crippen LogP contribution in [0.4, 0.5) is 0 Å². The van der Waals surface area contributed by atoms with E-state index in [1.54, 1.807) is 0 Å². The van der Waals surface area contributed by atoms with Crippen LogP contribution in [0, 0.1) is 0 Å². The van der Waals surface area contributed by atoms with Crippen LogP contribution in [-0.2, 0) is 27.8 Å². The van der Waals surface area contributed by atoms with E-state index < -0.39 is 9.05 Å². The molecule has 1 fully saturated rings. The van der Waals surface area contributed by atoms with Crippen molar-refractivity contribution in [1.82, 2.24) is 0 Å². The smallest absolute Gasteiger partial charge is 0.352 e. The molecule has 0 unspecified atom stereocenters. The standard InChI is InChI=1S/C9H20O6Si/c1-10-14-16(12-3,15-11-2)13-9-7-5-4-6-8-9/h9H,4-8H2,1-3H3. The van der Waals surface area contributed by atoms with Gasteiger partial charge in [-0.3, -0.25) is 0 Å². The third-order valence-corrected chi connectivity index (χ3v) is 4.35. The van der Waals surface area contributed by atoms with E-state index in [0.717, 1.165) is 25.7 Å².